The summed E-state index contributed by atoms with van der Waals surface area (Å²) in [5.74, 6) is -1.60. The lowest BCUT2D eigenvalue weighted by atomic mass is 9.96. The van der Waals surface area contributed by atoms with Crippen LogP contribution in [0.15, 0.2) is 41.1 Å². The maximum Gasteiger partial charge on any atom is 0.327 e. The number of aliphatic imine (C=N–C) groups is 1. The minimum absolute atomic E-state index is 0.303. The average molecular weight is 278 g/mol. The summed E-state index contributed by atoms with van der Waals surface area (Å²) in [6, 6.07) is 6.97. The van der Waals surface area contributed by atoms with Crippen LogP contribution < -0.4 is 0 Å². The maximum absolute atomic E-state index is 11.8. The van der Waals surface area contributed by atoms with Crippen molar-refractivity contribution >= 4 is 34.8 Å². The van der Waals surface area contributed by atoms with Gasteiger partial charge in [0.15, 0.2) is 11.7 Å². The monoisotopic (exact) mass is 277 g/mol. The van der Waals surface area contributed by atoms with Gasteiger partial charge in [-0.2, -0.15) is 0 Å². The standard InChI is InChI=1S/C14H12ClNO3/c1-8-7-12(17)13(14(18)19-8)9(2)16-11-6-4-3-5-10(11)15/h3-7,13H,1-2H3/t13-/m1/s1. The van der Waals surface area contributed by atoms with Gasteiger partial charge in [0.1, 0.15) is 5.76 Å². The van der Waals surface area contributed by atoms with Crippen molar-refractivity contribution in [3.05, 3.63) is 41.1 Å². The number of allylic oxidation sites excluding steroid dienone is 2. The molecule has 4 nitrogen and oxygen atoms in total. The molecule has 1 aliphatic rings. The lowest BCUT2D eigenvalue weighted by Gasteiger charge is -2.18. The Morgan fingerprint density at radius 3 is 2.63 bits per heavy atom. The second-order valence-electron chi connectivity index (χ2n) is 4.22. The summed E-state index contributed by atoms with van der Waals surface area (Å²) >= 11 is 5.98. The van der Waals surface area contributed by atoms with Crippen LogP contribution in [0.25, 0.3) is 0 Å². The molecule has 98 valence electrons. The molecule has 0 radical (unpaired) electrons. The molecule has 1 aliphatic heterocycles. The molecule has 2 rings (SSSR count). The van der Waals surface area contributed by atoms with Gasteiger partial charge in [0, 0.05) is 11.8 Å². The molecule has 0 spiro atoms. The van der Waals surface area contributed by atoms with Gasteiger partial charge in [0.25, 0.3) is 0 Å². The Kier molecular flexibility index (Phi) is 3.81. The van der Waals surface area contributed by atoms with Gasteiger partial charge < -0.3 is 4.74 Å². The highest BCUT2D eigenvalue weighted by Crippen LogP contribution is 2.26. The lowest BCUT2D eigenvalue weighted by Crippen LogP contribution is -2.34. The van der Waals surface area contributed by atoms with Crippen LogP contribution in [0.4, 0.5) is 5.69 Å². The van der Waals surface area contributed by atoms with E-state index in [1.807, 2.05) is 0 Å². The van der Waals surface area contributed by atoms with E-state index in [0.29, 0.717) is 22.2 Å². The van der Waals surface area contributed by atoms with Crippen molar-refractivity contribution in [1.82, 2.24) is 0 Å². The number of carbonyl (C=O) groups excluding carboxylic acids is 2. The zero-order chi connectivity index (χ0) is 14.0. The van der Waals surface area contributed by atoms with E-state index in [1.165, 1.54) is 6.08 Å². The van der Waals surface area contributed by atoms with Crippen molar-refractivity contribution in [2.75, 3.05) is 0 Å². The van der Waals surface area contributed by atoms with Crippen LogP contribution in [-0.4, -0.2) is 17.5 Å². The second kappa shape index (κ2) is 5.36. The third-order valence-corrected chi connectivity index (χ3v) is 3.01. The molecule has 1 heterocycles. The smallest absolute Gasteiger partial charge is 0.327 e. The average Bonchev–Trinajstić information content (AvgIpc) is 2.30. The van der Waals surface area contributed by atoms with Gasteiger partial charge in [-0.3, -0.25) is 14.6 Å². The molecule has 0 saturated heterocycles. The molecule has 5 heteroatoms. The molecule has 0 N–H and O–H groups in total. The fourth-order valence-corrected chi connectivity index (χ4v) is 2.00. The molecule has 1 aromatic carbocycles. The lowest BCUT2D eigenvalue weighted by molar-refractivity contribution is -0.146. The Balaban J connectivity index is 2.34. The van der Waals surface area contributed by atoms with Gasteiger partial charge in [-0.05, 0) is 26.0 Å². The number of benzene rings is 1. The Bertz CT molecular complexity index is 604. The number of hydrogen-bond donors (Lipinski definition) is 0. The molecular weight excluding hydrogens is 266 g/mol. The molecule has 0 saturated carbocycles. The van der Waals surface area contributed by atoms with E-state index in [9.17, 15) is 9.59 Å². The molecule has 1 aromatic rings. The number of esters is 1. The van der Waals surface area contributed by atoms with E-state index in [1.54, 1.807) is 38.1 Å². The minimum atomic E-state index is -0.986. The molecule has 0 amide bonds. The van der Waals surface area contributed by atoms with Gasteiger partial charge in [0.05, 0.1) is 10.7 Å². The summed E-state index contributed by atoms with van der Waals surface area (Å²) in [5, 5.41) is 0.463. The Morgan fingerprint density at radius 1 is 1.32 bits per heavy atom. The summed E-state index contributed by atoms with van der Waals surface area (Å²) in [4.78, 5) is 27.8. The van der Waals surface area contributed by atoms with Crippen molar-refractivity contribution < 1.29 is 14.3 Å². The number of nitrogens with zero attached hydrogens (tertiary/aromatic N) is 1. The van der Waals surface area contributed by atoms with Gasteiger partial charge in [0.2, 0.25) is 0 Å². The van der Waals surface area contributed by atoms with Crippen LogP contribution in [0.1, 0.15) is 13.8 Å². The largest absolute Gasteiger partial charge is 0.430 e. The quantitative estimate of drug-likeness (QED) is 0.474. The van der Waals surface area contributed by atoms with Crippen LogP contribution in [0.3, 0.4) is 0 Å². The van der Waals surface area contributed by atoms with Gasteiger partial charge in [-0.1, -0.05) is 23.7 Å². The summed E-state index contributed by atoms with van der Waals surface area (Å²) in [6.07, 6.45) is 1.30. The molecule has 0 fully saturated rings. The Labute approximate surface area is 115 Å². The first-order valence-electron chi connectivity index (χ1n) is 5.72. The summed E-state index contributed by atoms with van der Waals surface area (Å²) in [6.45, 7) is 3.17. The molecule has 0 aliphatic carbocycles. The fourth-order valence-electron chi connectivity index (χ4n) is 1.82. The van der Waals surface area contributed by atoms with Gasteiger partial charge >= 0.3 is 5.97 Å². The van der Waals surface area contributed by atoms with E-state index in [4.69, 9.17) is 16.3 Å². The van der Waals surface area contributed by atoms with Gasteiger partial charge in [-0.15, -0.1) is 0 Å². The van der Waals surface area contributed by atoms with E-state index < -0.39 is 11.9 Å². The number of para-hydroxylation sites is 1. The zero-order valence-electron chi connectivity index (χ0n) is 10.5. The topological polar surface area (TPSA) is 55.7 Å². The van der Waals surface area contributed by atoms with Crippen LogP contribution in [-0.2, 0) is 14.3 Å². The molecule has 0 aromatic heterocycles. The first-order chi connectivity index (χ1) is 8.99. The molecule has 0 unspecified atom stereocenters. The van der Waals surface area contributed by atoms with Crippen molar-refractivity contribution in [1.29, 1.82) is 0 Å². The Morgan fingerprint density at radius 2 is 2.00 bits per heavy atom. The highest BCUT2D eigenvalue weighted by atomic mass is 35.5. The maximum atomic E-state index is 11.8. The second-order valence-corrected chi connectivity index (χ2v) is 4.62. The highest BCUT2D eigenvalue weighted by Gasteiger charge is 2.33. The third-order valence-electron chi connectivity index (χ3n) is 2.69. The van der Waals surface area contributed by atoms with E-state index in [2.05, 4.69) is 4.99 Å². The van der Waals surface area contributed by atoms with E-state index in [0.717, 1.165) is 0 Å². The zero-order valence-corrected chi connectivity index (χ0v) is 11.3. The number of halogens is 1. The third kappa shape index (κ3) is 2.90. The van der Waals surface area contributed by atoms with Crippen LogP contribution >= 0.6 is 11.6 Å². The molecule has 0 bridgehead atoms. The summed E-state index contributed by atoms with van der Waals surface area (Å²) < 4.78 is 4.95. The molecular formula is C14H12ClNO3. The Hall–Kier alpha value is -1.94. The predicted octanol–water partition coefficient (Wildman–Crippen LogP) is 3.08. The van der Waals surface area contributed by atoms with Crippen molar-refractivity contribution in [2.45, 2.75) is 13.8 Å². The highest BCUT2D eigenvalue weighted by molar-refractivity contribution is 6.33. The first kappa shape index (κ1) is 13.5. The number of ketones is 1. The summed E-state index contributed by atoms with van der Waals surface area (Å²) in [7, 11) is 0. The fraction of sp³-hybridized carbons (Fsp3) is 0.214. The molecule has 1 atom stereocenters. The normalized spacial score (nSPS) is 20.1. The number of rotatable bonds is 2. The number of hydrogen-bond acceptors (Lipinski definition) is 4. The van der Waals surface area contributed by atoms with E-state index in [-0.39, 0.29) is 5.78 Å². The van der Waals surface area contributed by atoms with E-state index >= 15 is 0 Å². The minimum Gasteiger partial charge on any atom is -0.430 e. The first-order valence-corrected chi connectivity index (χ1v) is 6.10. The van der Waals surface area contributed by atoms with Gasteiger partial charge in [-0.25, -0.2) is 0 Å². The van der Waals surface area contributed by atoms with Crippen LogP contribution in [0.5, 0.6) is 0 Å². The van der Waals surface area contributed by atoms with Crippen molar-refractivity contribution in [3.8, 4) is 0 Å². The SMILES string of the molecule is CC1=CC(=O)[C@@H](C(C)=Nc2ccccc2Cl)C(=O)O1. The summed E-state index contributed by atoms with van der Waals surface area (Å²) in [5.41, 5.74) is 0.889. The number of cyclic esters (lactones) is 1. The van der Waals surface area contributed by atoms with Crippen LogP contribution in [0.2, 0.25) is 5.02 Å². The predicted molar refractivity (Wildman–Crippen MR) is 72.6 cm³/mol. The van der Waals surface area contributed by atoms with Crippen molar-refractivity contribution in [2.24, 2.45) is 10.9 Å². The molecule has 19 heavy (non-hydrogen) atoms. The van der Waals surface area contributed by atoms with Crippen LogP contribution in [0, 0.1) is 5.92 Å². The van der Waals surface area contributed by atoms with Crippen molar-refractivity contribution in [3.63, 3.8) is 0 Å². The number of ether oxygens (including phenoxy) is 1. The number of carbonyl (C=O) groups is 2.